The minimum atomic E-state index is 0. The average Bonchev–Trinajstić information content (AvgIpc) is 3.19. The fourth-order valence-corrected chi connectivity index (χ4v) is 2.87. The highest BCUT2D eigenvalue weighted by Crippen LogP contribution is 2.27. The van der Waals surface area contributed by atoms with Crippen molar-refractivity contribution in [2.45, 2.75) is 51.9 Å². The molecule has 160 valence electrons. The van der Waals surface area contributed by atoms with E-state index in [-0.39, 0.29) is 24.0 Å². The first-order valence-electron chi connectivity index (χ1n) is 10.2. The van der Waals surface area contributed by atoms with Gasteiger partial charge in [0.25, 0.3) is 0 Å². The number of nitrogens with one attached hydrogen (secondary N) is 2. The Morgan fingerprint density at radius 2 is 2.03 bits per heavy atom. The molecule has 1 fully saturated rings. The van der Waals surface area contributed by atoms with E-state index in [1.54, 1.807) is 6.26 Å². The maximum absolute atomic E-state index is 6.10. The molecule has 29 heavy (non-hydrogen) atoms. The highest BCUT2D eigenvalue weighted by Gasteiger charge is 2.20. The number of guanidine groups is 1. The Bertz CT molecular complexity index is 718. The van der Waals surface area contributed by atoms with Gasteiger partial charge in [0, 0.05) is 25.3 Å². The molecule has 0 unspecified atom stereocenters. The van der Waals surface area contributed by atoms with E-state index in [1.165, 1.54) is 6.42 Å². The molecule has 1 aromatic carbocycles. The van der Waals surface area contributed by atoms with Gasteiger partial charge >= 0.3 is 0 Å². The molecule has 0 spiro atoms. The van der Waals surface area contributed by atoms with Gasteiger partial charge < -0.3 is 24.5 Å². The smallest absolute Gasteiger partial charge is 0.191 e. The van der Waals surface area contributed by atoms with Crippen LogP contribution in [0.4, 0.5) is 0 Å². The molecule has 2 aromatic rings. The van der Waals surface area contributed by atoms with Crippen molar-refractivity contribution in [1.29, 1.82) is 0 Å². The van der Waals surface area contributed by atoms with Gasteiger partial charge in [-0.05, 0) is 50.8 Å². The van der Waals surface area contributed by atoms with E-state index >= 15 is 0 Å². The summed E-state index contributed by atoms with van der Waals surface area (Å²) >= 11 is 0. The summed E-state index contributed by atoms with van der Waals surface area (Å²) in [7, 11) is 0. The molecular weight excluding hydrogens is 481 g/mol. The summed E-state index contributed by atoms with van der Waals surface area (Å²) in [6.45, 7) is 5.46. The Morgan fingerprint density at radius 1 is 1.17 bits per heavy atom. The van der Waals surface area contributed by atoms with Crippen LogP contribution in [-0.2, 0) is 17.9 Å². The third-order valence-corrected chi connectivity index (χ3v) is 4.65. The molecule has 1 aliphatic carbocycles. The molecule has 0 saturated heterocycles. The summed E-state index contributed by atoms with van der Waals surface area (Å²) in [4.78, 5) is 4.71. The highest BCUT2D eigenvalue weighted by atomic mass is 127. The number of furan rings is 1. The van der Waals surface area contributed by atoms with Crippen molar-refractivity contribution in [3.8, 4) is 5.75 Å². The van der Waals surface area contributed by atoms with Crippen molar-refractivity contribution in [1.82, 2.24) is 10.6 Å². The Balaban J connectivity index is 0.00000300. The maximum Gasteiger partial charge on any atom is 0.191 e. The molecule has 0 radical (unpaired) electrons. The first-order chi connectivity index (χ1) is 13.8. The second kappa shape index (κ2) is 13.5. The molecule has 0 aliphatic heterocycles. The minimum absolute atomic E-state index is 0. The summed E-state index contributed by atoms with van der Waals surface area (Å²) in [6.07, 6.45) is 6.51. The van der Waals surface area contributed by atoms with Crippen molar-refractivity contribution in [2.75, 3.05) is 19.7 Å². The molecule has 6 nitrogen and oxygen atoms in total. The molecule has 0 atom stereocenters. The predicted molar refractivity (Wildman–Crippen MR) is 126 cm³/mol. The number of ether oxygens (including phenoxy) is 2. The topological polar surface area (TPSA) is 68.0 Å². The second-order valence-corrected chi connectivity index (χ2v) is 6.89. The van der Waals surface area contributed by atoms with Gasteiger partial charge in [0.1, 0.15) is 18.1 Å². The number of rotatable bonds is 11. The normalized spacial score (nSPS) is 14.0. The highest BCUT2D eigenvalue weighted by molar-refractivity contribution is 14.0. The fraction of sp³-hybridized carbons (Fsp3) is 0.500. The number of aliphatic imine (C=N–C) groups is 1. The van der Waals surface area contributed by atoms with Crippen LogP contribution in [0.1, 0.15) is 43.9 Å². The molecule has 7 heteroatoms. The van der Waals surface area contributed by atoms with E-state index in [4.69, 9.17) is 18.9 Å². The van der Waals surface area contributed by atoms with E-state index in [9.17, 15) is 0 Å². The molecule has 2 N–H and O–H groups in total. The zero-order valence-corrected chi connectivity index (χ0v) is 19.4. The van der Waals surface area contributed by atoms with Crippen LogP contribution in [0.2, 0.25) is 0 Å². The van der Waals surface area contributed by atoms with Crippen LogP contribution in [-0.4, -0.2) is 31.8 Å². The molecule has 1 aliphatic rings. The quantitative estimate of drug-likeness (QED) is 0.201. The Morgan fingerprint density at radius 3 is 2.76 bits per heavy atom. The van der Waals surface area contributed by atoms with E-state index in [0.29, 0.717) is 25.9 Å². The molecule has 1 aromatic heterocycles. The Labute approximate surface area is 190 Å². The van der Waals surface area contributed by atoms with Crippen LogP contribution < -0.4 is 15.4 Å². The lowest BCUT2D eigenvalue weighted by atomic mass is 9.96. The van der Waals surface area contributed by atoms with E-state index in [1.807, 2.05) is 30.3 Å². The first kappa shape index (κ1) is 23.5. The van der Waals surface area contributed by atoms with Crippen molar-refractivity contribution in [3.63, 3.8) is 0 Å². The predicted octanol–water partition coefficient (Wildman–Crippen LogP) is 4.49. The number of para-hydroxylation sites is 1. The molecule has 1 heterocycles. The summed E-state index contributed by atoms with van der Waals surface area (Å²) in [5.41, 5.74) is 1.12. The zero-order valence-electron chi connectivity index (χ0n) is 17.1. The van der Waals surface area contributed by atoms with Crippen molar-refractivity contribution in [3.05, 3.63) is 54.0 Å². The van der Waals surface area contributed by atoms with Crippen LogP contribution in [0, 0.1) is 0 Å². The summed E-state index contributed by atoms with van der Waals surface area (Å²) in [6, 6.07) is 12.0. The van der Waals surface area contributed by atoms with Crippen LogP contribution in [0.3, 0.4) is 0 Å². The number of hydrogen-bond acceptors (Lipinski definition) is 4. The van der Waals surface area contributed by atoms with Gasteiger partial charge in [0.15, 0.2) is 5.96 Å². The van der Waals surface area contributed by atoms with Crippen LogP contribution in [0.5, 0.6) is 5.75 Å². The number of benzene rings is 1. The summed E-state index contributed by atoms with van der Waals surface area (Å²) in [5, 5.41) is 6.65. The fourth-order valence-electron chi connectivity index (χ4n) is 2.87. The molecule has 0 bridgehead atoms. The first-order valence-corrected chi connectivity index (χ1v) is 10.2. The molecular formula is C22H32IN3O3. The number of halogens is 1. The minimum Gasteiger partial charge on any atom is -0.490 e. The molecule has 3 rings (SSSR count). The van der Waals surface area contributed by atoms with Gasteiger partial charge in [0.05, 0.1) is 18.9 Å². The van der Waals surface area contributed by atoms with E-state index in [0.717, 1.165) is 55.4 Å². The van der Waals surface area contributed by atoms with E-state index in [2.05, 4.69) is 23.6 Å². The molecule has 1 saturated carbocycles. The molecule has 0 amide bonds. The van der Waals surface area contributed by atoms with Gasteiger partial charge in [-0.3, -0.25) is 0 Å². The average molecular weight is 513 g/mol. The monoisotopic (exact) mass is 513 g/mol. The maximum atomic E-state index is 6.10. The SMILES string of the molecule is CCNC(=NCc1ccccc1OC1CCC1)NCCCOCc1ccco1.I. The van der Waals surface area contributed by atoms with Gasteiger partial charge in [0.2, 0.25) is 0 Å². The number of hydrogen-bond donors (Lipinski definition) is 2. The van der Waals surface area contributed by atoms with Crippen LogP contribution in [0.25, 0.3) is 0 Å². The summed E-state index contributed by atoms with van der Waals surface area (Å²) < 4.78 is 17.0. The van der Waals surface area contributed by atoms with Gasteiger partial charge in [-0.1, -0.05) is 18.2 Å². The zero-order chi connectivity index (χ0) is 19.4. The van der Waals surface area contributed by atoms with Crippen molar-refractivity contribution >= 4 is 29.9 Å². The Hall–Kier alpha value is -1.74. The van der Waals surface area contributed by atoms with Gasteiger partial charge in [-0.15, -0.1) is 24.0 Å². The standard InChI is InChI=1S/C22H31N3O3.HI/c1-2-23-22(24-13-7-14-26-17-20-11-6-15-27-20)25-16-18-8-3-4-12-21(18)28-19-9-5-10-19;/h3-4,6,8,11-12,15,19H,2,5,7,9-10,13-14,16-17H2,1H3,(H2,23,24,25);1H. The van der Waals surface area contributed by atoms with Crippen molar-refractivity contribution in [2.24, 2.45) is 4.99 Å². The lowest BCUT2D eigenvalue weighted by Crippen LogP contribution is -2.38. The Kier molecular flexibility index (Phi) is 10.9. The van der Waals surface area contributed by atoms with Crippen LogP contribution >= 0.6 is 24.0 Å². The largest absolute Gasteiger partial charge is 0.490 e. The lowest BCUT2D eigenvalue weighted by Gasteiger charge is -2.27. The third-order valence-electron chi connectivity index (χ3n) is 4.65. The lowest BCUT2D eigenvalue weighted by molar-refractivity contribution is 0.105. The van der Waals surface area contributed by atoms with Gasteiger partial charge in [-0.2, -0.15) is 0 Å². The third kappa shape index (κ3) is 8.26. The van der Waals surface area contributed by atoms with E-state index < -0.39 is 0 Å². The second-order valence-electron chi connectivity index (χ2n) is 6.89. The van der Waals surface area contributed by atoms with Crippen LogP contribution in [0.15, 0.2) is 52.1 Å². The van der Waals surface area contributed by atoms with Gasteiger partial charge in [-0.25, -0.2) is 4.99 Å². The summed E-state index contributed by atoms with van der Waals surface area (Å²) in [5.74, 6) is 2.62. The number of nitrogens with zero attached hydrogens (tertiary/aromatic N) is 1. The van der Waals surface area contributed by atoms with Crippen molar-refractivity contribution < 1.29 is 13.9 Å².